The topological polar surface area (TPSA) is 58.4 Å². The average Bonchev–Trinajstić information content (AvgIpc) is 2.71. The summed E-state index contributed by atoms with van der Waals surface area (Å²) in [4.78, 5) is 13.9. The van der Waals surface area contributed by atoms with Gasteiger partial charge < -0.3 is 11.1 Å². The number of hydrogen-bond donors (Lipinski definition) is 2. The van der Waals surface area contributed by atoms with E-state index in [9.17, 15) is 4.79 Å². The Labute approximate surface area is 117 Å². The molecule has 0 aromatic carbocycles. The van der Waals surface area contributed by atoms with E-state index in [1.165, 1.54) is 12.8 Å². The van der Waals surface area contributed by atoms with Crippen LogP contribution in [0.25, 0.3) is 0 Å². The summed E-state index contributed by atoms with van der Waals surface area (Å²) in [5, 5.41) is 2.93. The quantitative estimate of drug-likeness (QED) is 0.797. The van der Waals surface area contributed by atoms with Gasteiger partial charge in [-0.3, -0.25) is 9.69 Å². The zero-order valence-electron chi connectivity index (χ0n) is 10.6. The highest BCUT2D eigenvalue weighted by Crippen LogP contribution is 2.15. The Morgan fingerprint density at radius 1 is 1.47 bits per heavy atom. The molecule has 0 saturated carbocycles. The van der Waals surface area contributed by atoms with Crippen molar-refractivity contribution in [3.63, 3.8) is 0 Å². The molecule has 1 saturated heterocycles. The first-order valence-corrected chi connectivity index (χ1v) is 5.96. The van der Waals surface area contributed by atoms with Gasteiger partial charge in [0.15, 0.2) is 0 Å². The molecule has 1 heterocycles. The van der Waals surface area contributed by atoms with E-state index in [2.05, 4.69) is 17.1 Å². The van der Waals surface area contributed by atoms with Crippen LogP contribution in [0.15, 0.2) is 0 Å². The number of nitrogens with one attached hydrogen (secondary N) is 1. The fourth-order valence-electron chi connectivity index (χ4n) is 2.08. The molecule has 17 heavy (non-hydrogen) atoms. The highest BCUT2D eigenvalue weighted by molar-refractivity contribution is 5.85. The third kappa shape index (κ3) is 5.91. The van der Waals surface area contributed by atoms with E-state index in [1.54, 1.807) is 0 Å². The van der Waals surface area contributed by atoms with Gasteiger partial charge in [-0.1, -0.05) is 13.8 Å². The summed E-state index contributed by atoms with van der Waals surface area (Å²) in [6, 6.07) is 0.171. The smallest absolute Gasteiger partial charge is 0.236 e. The summed E-state index contributed by atoms with van der Waals surface area (Å²) in [6.45, 7) is 7.08. The van der Waals surface area contributed by atoms with Gasteiger partial charge in [0.2, 0.25) is 5.91 Å². The van der Waals surface area contributed by atoms with Gasteiger partial charge in [-0.25, -0.2) is 0 Å². The largest absolute Gasteiger partial charge is 0.353 e. The van der Waals surface area contributed by atoms with E-state index in [0.29, 0.717) is 12.5 Å². The maximum atomic E-state index is 11.5. The Hall–Kier alpha value is -0.0300. The standard InChI is InChI=1S/C11H23N3O.2ClH/c1-3-10(12)11(15)13-8-9-6-5-7-14(9)4-2;;/h9-10H,3-8,12H2,1-2H3,(H,13,15);2*1H/t9?,10-;;/m0../s1. The molecule has 0 aromatic rings. The Morgan fingerprint density at radius 3 is 2.65 bits per heavy atom. The molecule has 0 radical (unpaired) electrons. The molecule has 4 nitrogen and oxygen atoms in total. The summed E-state index contributed by atoms with van der Waals surface area (Å²) in [5.41, 5.74) is 5.64. The number of hydrogen-bond acceptors (Lipinski definition) is 3. The lowest BCUT2D eigenvalue weighted by Crippen LogP contribution is -2.45. The molecule has 0 aromatic heterocycles. The summed E-state index contributed by atoms with van der Waals surface area (Å²) >= 11 is 0. The second-order valence-corrected chi connectivity index (χ2v) is 4.18. The Bertz CT molecular complexity index is 217. The number of likely N-dealkylation sites (N-methyl/N-ethyl adjacent to an activating group) is 1. The van der Waals surface area contributed by atoms with Crippen LogP contribution in [0.1, 0.15) is 33.1 Å². The Morgan fingerprint density at radius 2 is 2.12 bits per heavy atom. The van der Waals surface area contributed by atoms with Crippen molar-refractivity contribution in [2.24, 2.45) is 5.73 Å². The van der Waals surface area contributed by atoms with E-state index >= 15 is 0 Å². The van der Waals surface area contributed by atoms with E-state index in [0.717, 1.165) is 19.6 Å². The lowest BCUT2D eigenvalue weighted by atomic mass is 10.2. The molecule has 0 spiro atoms. The van der Waals surface area contributed by atoms with E-state index in [-0.39, 0.29) is 36.8 Å². The van der Waals surface area contributed by atoms with Crippen molar-refractivity contribution in [3.8, 4) is 0 Å². The van der Waals surface area contributed by atoms with Crippen molar-refractivity contribution in [1.82, 2.24) is 10.2 Å². The molecule has 1 amide bonds. The third-order valence-electron chi connectivity index (χ3n) is 3.19. The number of carbonyl (C=O) groups excluding carboxylic acids is 1. The van der Waals surface area contributed by atoms with Crippen molar-refractivity contribution in [1.29, 1.82) is 0 Å². The summed E-state index contributed by atoms with van der Waals surface area (Å²) in [5.74, 6) is -0.0135. The van der Waals surface area contributed by atoms with Gasteiger partial charge in [0.05, 0.1) is 6.04 Å². The van der Waals surface area contributed by atoms with Crippen LogP contribution in [0.3, 0.4) is 0 Å². The average molecular weight is 286 g/mol. The van der Waals surface area contributed by atoms with Crippen LogP contribution in [0.5, 0.6) is 0 Å². The van der Waals surface area contributed by atoms with Gasteiger partial charge in [-0.2, -0.15) is 0 Å². The van der Waals surface area contributed by atoms with Crippen LogP contribution in [-0.4, -0.2) is 42.5 Å². The number of nitrogens with zero attached hydrogens (tertiary/aromatic N) is 1. The molecule has 6 heteroatoms. The van der Waals surface area contributed by atoms with Crippen molar-refractivity contribution >= 4 is 30.7 Å². The van der Waals surface area contributed by atoms with Crippen LogP contribution >= 0.6 is 24.8 Å². The number of rotatable bonds is 5. The van der Waals surface area contributed by atoms with Crippen LogP contribution in [0.4, 0.5) is 0 Å². The number of nitrogens with two attached hydrogens (primary N) is 1. The lowest BCUT2D eigenvalue weighted by molar-refractivity contribution is -0.122. The fourth-order valence-corrected chi connectivity index (χ4v) is 2.08. The molecule has 1 aliphatic heterocycles. The zero-order chi connectivity index (χ0) is 11.3. The Kier molecular flexibility index (Phi) is 11.3. The number of amides is 1. The van der Waals surface area contributed by atoms with Crippen LogP contribution in [-0.2, 0) is 4.79 Å². The second kappa shape index (κ2) is 9.95. The summed E-state index contributed by atoms with van der Waals surface area (Å²) in [6.07, 6.45) is 3.14. The van der Waals surface area contributed by atoms with Crippen molar-refractivity contribution in [2.45, 2.75) is 45.2 Å². The van der Waals surface area contributed by atoms with Gasteiger partial charge in [-0.15, -0.1) is 24.8 Å². The molecule has 3 N–H and O–H groups in total. The second-order valence-electron chi connectivity index (χ2n) is 4.18. The van der Waals surface area contributed by atoms with Crippen molar-refractivity contribution < 1.29 is 4.79 Å². The minimum atomic E-state index is -0.346. The number of halogens is 2. The summed E-state index contributed by atoms with van der Waals surface area (Å²) < 4.78 is 0. The maximum Gasteiger partial charge on any atom is 0.236 e. The zero-order valence-corrected chi connectivity index (χ0v) is 12.3. The number of carbonyl (C=O) groups is 1. The molecule has 1 unspecified atom stereocenters. The monoisotopic (exact) mass is 285 g/mol. The molecule has 0 aliphatic carbocycles. The van der Waals surface area contributed by atoms with Crippen LogP contribution in [0, 0.1) is 0 Å². The van der Waals surface area contributed by atoms with Crippen LogP contribution in [0.2, 0.25) is 0 Å². The molecule has 2 atom stereocenters. The lowest BCUT2D eigenvalue weighted by Gasteiger charge is -2.23. The van der Waals surface area contributed by atoms with Gasteiger partial charge >= 0.3 is 0 Å². The molecule has 0 bridgehead atoms. The normalized spacial score (nSPS) is 21.2. The number of likely N-dealkylation sites (tertiary alicyclic amines) is 1. The SMILES string of the molecule is CC[C@H](N)C(=O)NCC1CCCN1CC.Cl.Cl. The minimum absolute atomic E-state index is 0. The first-order valence-electron chi connectivity index (χ1n) is 5.96. The van der Waals surface area contributed by atoms with Gasteiger partial charge in [0.25, 0.3) is 0 Å². The Balaban J connectivity index is 0. The van der Waals surface area contributed by atoms with Gasteiger partial charge in [0, 0.05) is 12.6 Å². The third-order valence-corrected chi connectivity index (χ3v) is 3.19. The van der Waals surface area contributed by atoms with Gasteiger partial charge in [0.1, 0.15) is 0 Å². The van der Waals surface area contributed by atoms with Crippen LogP contribution < -0.4 is 11.1 Å². The highest BCUT2D eigenvalue weighted by Gasteiger charge is 2.23. The molecular formula is C11H25Cl2N3O. The predicted octanol–water partition coefficient (Wildman–Crippen LogP) is 1.17. The van der Waals surface area contributed by atoms with Crippen molar-refractivity contribution in [2.75, 3.05) is 19.6 Å². The fraction of sp³-hybridized carbons (Fsp3) is 0.909. The molecule has 1 fully saturated rings. The van der Waals surface area contributed by atoms with E-state index in [4.69, 9.17) is 5.73 Å². The van der Waals surface area contributed by atoms with Gasteiger partial charge in [-0.05, 0) is 32.4 Å². The van der Waals surface area contributed by atoms with Crippen molar-refractivity contribution in [3.05, 3.63) is 0 Å². The summed E-state index contributed by atoms with van der Waals surface area (Å²) in [7, 11) is 0. The van der Waals surface area contributed by atoms with E-state index < -0.39 is 0 Å². The first kappa shape index (κ1) is 19.3. The van der Waals surface area contributed by atoms with E-state index in [1.807, 2.05) is 6.92 Å². The minimum Gasteiger partial charge on any atom is -0.353 e. The molecule has 104 valence electrons. The molecule has 1 rings (SSSR count). The highest BCUT2D eigenvalue weighted by atomic mass is 35.5. The molecule has 1 aliphatic rings. The molecular weight excluding hydrogens is 261 g/mol. The maximum absolute atomic E-state index is 11.5. The first-order chi connectivity index (χ1) is 7.19. The predicted molar refractivity (Wildman–Crippen MR) is 76.0 cm³/mol.